The molecule has 1 aliphatic rings. The number of nitrogens with zero attached hydrogens (tertiary/aromatic N) is 3. The Kier molecular flexibility index (Phi) is 4.68. The zero-order valence-electron chi connectivity index (χ0n) is 14.6. The highest BCUT2D eigenvalue weighted by Crippen LogP contribution is 2.16. The van der Waals surface area contributed by atoms with Gasteiger partial charge in [0.1, 0.15) is 17.0 Å². The van der Waals surface area contributed by atoms with Crippen molar-refractivity contribution in [2.24, 2.45) is 0 Å². The minimum Gasteiger partial charge on any atom is -0.378 e. The van der Waals surface area contributed by atoms with E-state index in [4.69, 9.17) is 4.74 Å². The van der Waals surface area contributed by atoms with Gasteiger partial charge in [-0.15, -0.1) is 0 Å². The lowest BCUT2D eigenvalue weighted by Gasteiger charge is -2.27. The summed E-state index contributed by atoms with van der Waals surface area (Å²) in [6.07, 6.45) is 1.57. The van der Waals surface area contributed by atoms with E-state index < -0.39 is 11.4 Å². The van der Waals surface area contributed by atoms with Gasteiger partial charge in [-0.3, -0.25) is 14.2 Å². The molecule has 4 rings (SSSR count). The molecule has 1 aliphatic heterocycles. The van der Waals surface area contributed by atoms with Crippen LogP contribution in [0.2, 0.25) is 0 Å². The Morgan fingerprint density at radius 3 is 2.70 bits per heavy atom. The molecule has 0 atom stereocenters. The number of carbonyl (C=O) groups excluding carboxylic acids is 1. The topological polar surface area (TPSA) is 64.4 Å². The summed E-state index contributed by atoms with van der Waals surface area (Å²) in [6, 6.07) is 11.4. The number of fused-ring (bicyclic) bond motifs is 1. The van der Waals surface area contributed by atoms with E-state index in [0.717, 1.165) is 0 Å². The molecule has 0 aliphatic carbocycles. The van der Waals surface area contributed by atoms with Gasteiger partial charge in [0.05, 0.1) is 19.8 Å². The molecule has 0 saturated carbocycles. The first-order valence-electron chi connectivity index (χ1n) is 8.74. The average molecular weight is 367 g/mol. The van der Waals surface area contributed by atoms with E-state index >= 15 is 0 Å². The molecular weight excluding hydrogens is 349 g/mol. The lowest BCUT2D eigenvalue weighted by atomic mass is 10.1. The van der Waals surface area contributed by atoms with E-state index in [2.05, 4.69) is 4.98 Å². The van der Waals surface area contributed by atoms with Gasteiger partial charge < -0.3 is 9.64 Å². The van der Waals surface area contributed by atoms with Gasteiger partial charge in [0.15, 0.2) is 0 Å². The predicted molar refractivity (Wildman–Crippen MR) is 98.2 cm³/mol. The van der Waals surface area contributed by atoms with Crippen LogP contribution in [0, 0.1) is 5.82 Å². The standard InChI is InChI=1S/C20H18FN3O3/c21-17-6-2-1-4-15(17)13-24-18-14(5-3-7-22-18)12-16(20(24)26)19(25)23-8-10-27-11-9-23/h1-7,12H,8-11,13H2. The molecule has 3 heterocycles. The van der Waals surface area contributed by atoms with Crippen molar-refractivity contribution in [3.8, 4) is 0 Å². The highest BCUT2D eigenvalue weighted by molar-refractivity contribution is 5.97. The van der Waals surface area contributed by atoms with Gasteiger partial charge in [-0.25, -0.2) is 9.37 Å². The van der Waals surface area contributed by atoms with Gasteiger partial charge in [0.25, 0.3) is 11.5 Å². The highest BCUT2D eigenvalue weighted by Gasteiger charge is 2.23. The molecule has 1 fully saturated rings. The third-order valence-electron chi connectivity index (χ3n) is 4.66. The quantitative estimate of drug-likeness (QED) is 0.711. The monoisotopic (exact) mass is 367 g/mol. The van der Waals surface area contributed by atoms with Crippen LogP contribution in [0.4, 0.5) is 4.39 Å². The van der Waals surface area contributed by atoms with E-state index in [0.29, 0.717) is 42.9 Å². The number of benzene rings is 1. The molecule has 0 spiro atoms. The van der Waals surface area contributed by atoms with Crippen molar-refractivity contribution in [1.29, 1.82) is 0 Å². The summed E-state index contributed by atoms with van der Waals surface area (Å²) in [5.41, 5.74) is 0.376. The smallest absolute Gasteiger partial charge is 0.265 e. The second-order valence-electron chi connectivity index (χ2n) is 6.36. The molecular formula is C20H18FN3O3. The molecule has 3 aromatic rings. The van der Waals surface area contributed by atoms with E-state index in [1.54, 1.807) is 47.5 Å². The van der Waals surface area contributed by atoms with Crippen LogP contribution in [0.15, 0.2) is 53.5 Å². The van der Waals surface area contributed by atoms with Crippen molar-refractivity contribution in [3.63, 3.8) is 0 Å². The number of rotatable bonds is 3. The zero-order chi connectivity index (χ0) is 18.8. The number of halogens is 1. The second-order valence-corrected chi connectivity index (χ2v) is 6.36. The largest absolute Gasteiger partial charge is 0.378 e. The van der Waals surface area contributed by atoms with E-state index in [1.165, 1.54) is 10.6 Å². The normalized spacial score (nSPS) is 14.5. The molecule has 0 N–H and O–H groups in total. The number of hydrogen-bond donors (Lipinski definition) is 0. The van der Waals surface area contributed by atoms with Crippen LogP contribution in [0.25, 0.3) is 11.0 Å². The van der Waals surface area contributed by atoms with Crippen LogP contribution in [0.3, 0.4) is 0 Å². The summed E-state index contributed by atoms with van der Waals surface area (Å²) in [5, 5.41) is 0.657. The van der Waals surface area contributed by atoms with Crippen molar-refractivity contribution < 1.29 is 13.9 Å². The fourth-order valence-corrected chi connectivity index (χ4v) is 3.24. The van der Waals surface area contributed by atoms with Crippen LogP contribution >= 0.6 is 0 Å². The summed E-state index contributed by atoms with van der Waals surface area (Å²) >= 11 is 0. The molecule has 1 aromatic carbocycles. The predicted octanol–water partition coefficient (Wildman–Crippen LogP) is 2.06. The molecule has 27 heavy (non-hydrogen) atoms. The summed E-state index contributed by atoms with van der Waals surface area (Å²) in [4.78, 5) is 31.9. The van der Waals surface area contributed by atoms with Crippen molar-refractivity contribution in [3.05, 3.63) is 76.0 Å². The molecule has 2 aromatic heterocycles. The second kappa shape index (κ2) is 7.28. The van der Waals surface area contributed by atoms with Gasteiger partial charge >= 0.3 is 0 Å². The number of carbonyl (C=O) groups is 1. The summed E-state index contributed by atoms with van der Waals surface area (Å²) in [6.45, 7) is 1.78. The summed E-state index contributed by atoms with van der Waals surface area (Å²) in [7, 11) is 0. The first kappa shape index (κ1) is 17.4. The Balaban J connectivity index is 1.84. The first-order valence-corrected chi connectivity index (χ1v) is 8.74. The van der Waals surface area contributed by atoms with Crippen molar-refractivity contribution in [2.75, 3.05) is 26.3 Å². The van der Waals surface area contributed by atoms with Gasteiger partial charge in [0.2, 0.25) is 0 Å². The van der Waals surface area contributed by atoms with Gasteiger partial charge in [-0.05, 0) is 24.3 Å². The first-order chi connectivity index (χ1) is 13.1. The number of amides is 1. The number of ether oxygens (including phenoxy) is 1. The summed E-state index contributed by atoms with van der Waals surface area (Å²) in [5.74, 6) is -0.741. The molecule has 1 saturated heterocycles. The minimum absolute atomic E-state index is 0.00323. The summed E-state index contributed by atoms with van der Waals surface area (Å²) < 4.78 is 20.8. The Labute approximate surface area is 154 Å². The van der Waals surface area contributed by atoms with Gasteiger partial charge in [-0.2, -0.15) is 0 Å². The Hall–Kier alpha value is -3.06. The maximum atomic E-state index is 14.1. The number of hydrogen-bond acceptors (Lipinski definition) is 4. The molecule has 7 heteroatoms. The lowest BCUT2D eigenvalue weighted by molar-refractivity contribution is 0.0301. The van der Waals surface area contributed by atoms with Crippen molar-refractivity contribution in [2.45, 2.75) is 6.54 Å². The van der Waals surface area contributed by atoms with E-state index in [-0.39, 0.29) is 18.0 Å². The van der Waals surface area contributed by atoms with Crippen molar-refractivity contribution >= 4 is 16.9 Å². The average Bonchev–Trinajstić information content (AvgIpc) is 2.71. The molecule has 0 unspecified atom stereocenters. The maximum Gasteiger partial charge on any atom is 0.265 e. The van der Waals surface area contributed by atoms with E-state index in [1.807, 2.05) is 0 Å². The van der Waals surface area contributed by atoms with Crippen LogP contribution in [0.1, 0.15) is 15.9 Å². The van der Waals surface area contributed by atoms with Gasteiger partial charge in [-0.1, -0.05) is 18.2 Å². The van der Waals surface area contributed by atoms with E-state index in [9.17, 15) is 14.0 Å². The number of morpholine rings is 1. The third-order valence-corrected chi connectivity index (χ3v) is 4.66. The molecule has 6 nitrogen and oxygen atoms in total. The minimum atomic E-state index is -0.471. The molecule has 138 valence electrons. The zero-order valence-corrected chi connectivity index (χ0v) is 14.6. The maximum absolute atomic E-state index is 14.1. The molecule has 0 bridgehead atoms. The van der Waals surface area contributed by atoms with Crippen LogP contribution in [0.5, 0.6) is 0 Å². The Bertz CT molecular complexity index is 1060. The van der Waals surface area contributed by atoms with Crippen molar-refractivity contribution in [1.82, 2.24) is 14.5 Å². The third kappa shape index (κ3) is 3.33. The number of aromatic nitrogens is 2. The Morgan fingerprint density at radius 2 is 1.93 bits per heavy atom. The molecule has 1 amide bonds. The fourth-order valence-electron chi connectivity index (χ4n) is 3.24. The fraction of sp³-hybridized carbons (Fsp3) is 0.250. The molecule has 0 radical (unpaired) electrons. The van der Waals surface area contributed by atoms with Gasteiger partial charge in [0, 0.05) is 30.2 Å². The SMILES string of the molecule is O=C(c1cc2cccnc2n(Cc2ccccc2F)c1=O)N1CCOCC1. The highest BCUT2D eigenvalue weighted by atomic mass is 19.1. The number of pyridine rings is 2. The van der Waals surface area contributed by atoms with Crippen LogP contribution < -0.4 is 5.56 Å². The lowest BCUT2D eigenvalue weighted by Crippen LogP contribution is -2.43. The Morgan fingerprint density at radius 1 is 1.15 bits per heavy atom. The van der Waals surface area contributed by atoms with Crippen LogP contribution in [-0.2, 0) is 11.3 Å². The van der Waals surface area contributed by atoms with Crippen LogP contribution in [-0.4, -0.2) is 46.7 Å².